The molecular formula is C13H18BNO4. The first-order chi connectivity index (χ1) is 9.15. The molecule has 1 fully saturated rings. The van der Waals surface area contributed by atoms with E-state index in [0.29, 0.717) is 12.3 Å². The minimum Gasteiger partial charge on any atom is -0.512 e. The molecule has 6 heteroatoms. The van der Waals surface area contributed by atoms with Crippen molar-refractivity contribution in [1.29, 1.82) is 0 Å². The summed E-state index contributed by atoms with van der Waals surface area (Å²) in [5.41, 5.74) is 0.950. The van der Waals surface area contributed by atoms with Crippen molar-refractivity contribution in [3.63, 3.8) is 0 Å². The molecule has 0 atom stereocenters. The van der Waals surface area contributed by atoms with Crippen LogP contribution in [0.3, 0.4) is 0 Å². The summed E-state index contributed by atoms with van der Waals surface area (Å²) >= 11 is 0. The van der Waals surface area contributed by atoms with Crippen molar-refractivity contribution in [2.45, 2.75) is 32.2 Å². The molecule has 0 radical (unpaired) electrons. The Balaban J connectivity index is 1.80. The Morgan fingerprint density at radius 1 is 1.26 bits per heavy atom. The monoisotopic (exact) mass is 263 g/mol. The third-order valence-corrected chi connectivity index (χ3v) is 3.36. The second-order valence-corrected chi connectivity index (χ2v) is 4.79. The molecule has 1 amide bonds. The molecule has 0 aromatic heterocycles. The molecule has 0 saturated heterocycles. The molecule has 2 rings (SSSR count). The van der Waals surface area contributed by atoms with Crippen LogP contribution < -0.4 is 9.97 Å². The molecule has 0 heterocycles. The molecular weight excluding hydrogens is 245 g/mol. The lowest BCUT2D eigenvalue weighted by Gasteiger charge is -2.11. The van der Waals surface area contributed by atoms with E-state index in [-0.39, 0.29) is 11.8 Å². The standard InChI is InChI=1S/C13H18BNO4/c16-13(11-3-1-2-4-11)15-9-10-5-7-12(8-6-10)19-14(17)18/h5-8,11,17-18H,1-4,9H2,(H,15,16). The van der Waals surface area contributed by atoms with Crippen molar-refractivity contribution >= 4 is 13.2 Å². The second-order valence-electron chi connectivity index (χ2n) is 4.79. The van der Waals surface area contributed by atoms with Crippen LogP contribution in [0.25, 0.3) is 0 Å². The molecule has 1 aliphatic carbocycles. The van der Waals surface area contributed by atoms with Crippen LogP contribution >= 0.6 is 0 Å². The maximum atomic E-state index is 11.8. The van der Waals surface area contributed by atoms with Crippen molar-refractivity contribution in [2.75, 3.05) is 0 Å². The largest absolute Gasteiger partial charge is 0.707 e. The van der Waals surface area contributed by atoms with Crippen LogP contribution in [-0.2, 0) is 11.3 Å². The third-order valence-electron chi connectivity index (χ3n) is 3.36. The number of rotatable bonds is 5. The maximum Gasteiger partial charge on any atom is 0.707 e. The molecule has 0 unspecified atom stereocenters. The van der Waals surface area contributed by atoms with Gasteiger partial charge in [0, 0.05) is 12.5 Å². The van der Waals surface area contributed by atoms with Gasteiger partial charge in [-0.15, -0.1) is 0 Å². The minimum atomic E-state index is -1.81. The topological polar surface area (TPSA) is 78.8 Å². The van der Waals surface area contributed by atoms with Gasteiger partial charge in [0.1, 0.15) is 5.75 Å². The van der Waals surface area contributed by atoms with Gasteiger partial charge in [-0.1, -0.05) is 25.0 Å². The van der Waals surface area contributed by atoms with Gasteiger partial charge < -0.3 is 20.0 Å². The molecule has 3 N–H and O–H groups in total. The zero-order chi connectivity index (χ0) is 13.7. The molecule has 5 nitrogen and oxygen atoms in total. The normalized spacial score (nSPS) is 15.3. The fourth-order valence-electron chi connectivity index (χ4n) is 2.33. The highest BCUT2D eigenvalue weighted by atomic mass is 16.6. The van der Waals surface area contributed by atoms with E-state index in [9.17, 15) is 4.79 Å². The fourth-order valence-corrected chi connectivity index (χ4v) is 2.33. The SMILES string of the molecule is O=C(NCc1ccc(OB(O)O)cc1)C1CCCC1. The zero-order valence-electron chi connectivity index (χ0n) is 10.7. The summed E-state index contributed by atoms with van der Waals surface area (Å²) in [5, 5.41) is 20.2. The van der Waals surface area contributed by atoms with Crippen LogP contribution in [0, 0.1) is 5.92 Å². The predicted octanol–water partition coefficient (Wildman–Crippen LogP) is 0.841. The Kier molecular flexibility index (Phi) is 4.82. The quantitative estimate of drug-likeness (QED) is 0.688. The number of nitrogens with one attached hydrogen (secondary N) is 1. The number of amides is 1. The number of carbonyl (C=O) groups is 1. The Labute approximate surface area is 112 Å². The zero-order valence-corrected chi connectivity index (χ0v) is 10.7. The Morgan fingerprint density at radius 2 is 1.89 bits per heavy atom. The van der Waals surface area contributed by atoms with E-state index in [2.05, 4.69) is 5.32 Å². The van der Waals surface area contributed by atoms with Gasteiger partial charge >= 0.3 is 7.32 Å². The van der Waals surface area contributed by atoms with E-state index in [1.165, 1.54) is 0 Å². The molecule has 1 aromatic carbocycles. The average molecular weight is 263 g/mol. The summed E-state index contributed by atoms with van der Waals surface area (Å²) in [6.45, 7) is 0.483. The second kappa shape index (κ2) is 6.59. The summed E-state index contributed by atoms with van der Waals surface area (Å²) in [5.74, 6) is 0.677. The van der Waals surface area contributed by atoms with E-state index in [4.69, 9.17) is 14.7 Å². The summed E-state index contributed by atoms with van der Waals surface area (Å²) in [6, 6.07) is 6.84. The van der Waals surface area contributed by atoms with Gasteiger partial charge in [0.25, 0.3) is 0 Å². The minimum absolute atomic E-state index is 0.128. The lowest BCUT2D eigenvalue weighted by Crippen LogP contribution is -2.28. The van der Waals surface area contributed by atoms with Crippen molar-refractivity contribution < 1.29 is 19.5 Å². The number of carbonyl (C=O) groups excluding carboxylic acids is 1. The average Bonchev–Trinajstić information content (AvgIpc) is 2.91. The van der Waals surface area contributed by atoms with Crippen LogP contribution in [0.1, 0.15) is 31.2 Å². The predicted molar refractivity (Wildman–Crippen MR) is 71.1 cm³/mol. The van der Waals surface area contributed by atoms with Crippen LogP contribution in [0.4, 0.5) is 0 Å². The first kappa shape index (κ1) is 13.9. The molecule has 1 saturated carbocycles. The molecule has 0 aliphatic heterocycles. The van der Waals surface area contributed by atoms with Gasteiger partial charge in [0.15, 0.2) is 0 Å². The summed E-state index contributed by atoms with van der Waals surface area (Å²) < 4.78 is 4.70. The summed E-state index contributed by atoms with van der Waals surface area (Å²) in [4.78, 5) is 11.8. The van der Waals surface area contributed by atoms with Gasteiger partial charge in [-0.25, -0.2) is 0 Å². The van der Waals surface area contributed by atoms with Crippen molar-refractivity contribution in [3.05, 3.63) is 29.8 Å². The van der Waals surface area contributed by atoms with Gasteiger partial charge in [0.2, 0.25) is 5.91 Å². The third kappa shape index (κ3) is 4.26. The van der Waals surface area contributed by atoms with Gasteiger partial charge in [-0.3, -0.25) is 4.79 Å². The van der Waals surface area contributed by atoms with Crippen LogP contribution in [0.15, 0.2) is 24.3 Å². The maximum absolute atomic E-state index is 11.8. The van der Waals surface area contributed by atoms with Crippen LogP contribution in [-0.4, -0.2) is 23.3 Å². The first-order valence-electron chi connectivity index (χ1n) is 6.54. The fraction of sp³-hybridized carbons (Fsp3) is 0.462. The molecule has 1 aromatic rings. The smallest absolute Gasteiger partial charge is 0.512 e. The number of benzene rings is 1. The molecule has 1 aliphatic rings. The van der Waals surface area contributed by atoms with Gasteiger partial charge in [-0.05, 0) is 30.5 Å². The van der Waals surface area contributed by atoms with Crippen molar-refractivity contribution in [3.8, 4) is 5.75 Å². The van der Waals surface area contributed by atoms with Crippen molar-refractivity contribution in [1.82, 2.24) is 5.32 Å². The van der Waals surface area contributed by atoms with E-state index >= 15 is 0 Å². The lowest BCUT2D eigenvalue weighted by molar-refractivity contribution is -0.124. The number of hydrogen-bond donors (Lipinski definition) is 3. The molecule has 0 bridgehead atoms. The Bertz CT molecular complexity index is 415. The van der Waals surface area contributed by atoms with Crippen molar-refractivity contribution in [2.24, 2.45) is 5.92 Å². The lowest BCUT2D eigenvalue weighted by atomic mass is 10.1. The van der Waals surface area contributed by atoms with E-state index < -0.39 is 7.32 Å². The summed E-state index contributed by atoms with van der Waals surface area (Å²) in [7, 11) is -1.81. The van der Waals surface area contributed by atoms with E-state index in [1.54, 1.807) is 24.3 Å². The van der Waals surface area contributed by atoms with Crippen LogP contribution in [0.2, 0.25) is 0 Å². The number of hydrogen-bond acceptors (Lipinski definition) is 4. The van der Waals surface area contributed by atoms with Gasteiger partial charge in [0.05, 0.1) is 0 Å². The highest BCUT2D eigenvalue weighted by Gasteiger charge is 2.22. The molecule has 102 valence electrons. The highest BCUT2D eigenvalue weighted by Crippen LogP contribution is 2.24. The highest BCUT2D eigenvalue weighted by molar-refractivity contribution is 6.33. The molecule has 19 heavy (non-hydrogen) atoms. The molecule has 0 spiro atoms. The first-order valence-corrected chi connectivity index (χ1v) is 6.54. The Morgan fingerprint density at radius 3 is 2.47 bits per heavy atom. The van der Waals surface area contributed by atoms with E-state index in [0.717, 1.165) is 31.2 Å². The summed E-state index contributed by atoms with van der Waals surface area (Å²) in [6.07, 6.45) is 4.28. The Hall–Kier alpha value is -1.53. The van der Waals surface area contributed by atoms with Gasteiger partial charge in [-0.2, -0.15) is 0 Å². The van der Waals surface area contributed by atoms with E-state index in [1.807, 2.05) is 0 Å². The van der Waals surface area contributed by atoms with Crippen LogP contribution in [0.5, 0.6) is 5.75 Å².